The van der Waals surface area contributed by atoms with Gasteiger partial charge in [0, 0.05) is 17.7 Å². The van der Waals surface area contributed by atoms with Gasteiger partial charge in [-0.15, -0.1) is 12.4 Å². The van der Waals surface area contributed by atoms with E-state index >= 15 is 0 Å². The highest BCUT2D eigenvalue weighted by atomic mass is 35.5. The summed E-state index contributed by atoms with van der Waals surface area (Å²) in [6.45, 7) is 1.24. The molecule has 1 N–H and O–H groups in total. The second-order valence-corrected chi connectivity index (χ2v) is 3.12. The number of ether oxygens (including phenoxy) is 1. The standard InChI is InChI=1S/C10H13NO3.ClH/c1-11-5-7-3-4-8-6-13-14-10(8)9(7)12-2;/h3-4,11H,5-6H2,1-2H3;1H. The molecule has 0 saturated carbocycles. The fourth-order valence-corrected chi connectivity index (χ4v) is 1.55. The zero-order chi connectivity index (χ0) is 9.97. The molecule has 1 aliphatic rings. The van der Waals surface area contributed by atoms with Gasteiger partial charge in [-0.3, -0.25) is 0 Å². The van der Waals surface area contributed by atoms with E-state index in [2.05, 4.69) is 5.32 Å². The van der Waals surface area contributed by atoms with Crippen molar-refractivity contribution >= 4 is 12.4 Å². The maximum Gasteiger partial charge on any atom is 0.213 e. The van der Waals surface area contributed by atoms with Crippen LogP contribution >= 0.6 is 12.4 Å². The van der Waals surface area contributed by atoms with Crippen LogP contribution in [0, 0.1) is 0 Å². The maximum absolute atomic E-state index is 5.30. The number of halogens is 1. The highest BCUT2D eigenvalue weighted by Gasteiger charge is 2.21. The van der Waals surface area contributed by atoms with Crippen LogP contribution in [0.5, 0.6) is 11.5 Å². The van der Waals surface area contributed by atoms with Gasteiger partial charge in [-0.1, -0.05) is 12.1 Å². The van der Waals surface area contributed by atoms with Gasteiger partial charge >= 0.3 is 0 Å². The van der Waals surface area contributed by atoms with Gasteiger partial charge in [0.05, 0.1) is 7.11 Å². The molecule has 1 aliphatic heterocycles. The lowest BCUT2D eigenvalue weighted by molar-refractivity contribution is -0.195. The van der Waals surface area contributed by atoms with E-state index in [1.807, 2.05) is 19.2 Å². The van der Waals surface area contributed by atoms with E-state index in [0.29, 0.717) is 12.4 Å². The molecule has 0 spiro atoms. The summed E-state index contributed by atoms with van der Waals surface area (Å²) < 4.78 is 5.30. The zero-order valence-electron chi connectivity index (χ0n) is 8.70. The van der Waals surface area contributed by atoms with E-state index in [9.17, 15) is 0 Å². The quantitative estimate of drug-likeness (QED) is 0.804. The smallest absolute Gasteiger partial charge is 0.213 e. The minimum absolute atomic E-state index is 0. The monoisotopic (exact) mass is 231 g/mol. The summed E-state index contributed by atoms with van der Waals surface area (Å²) in [6, 6.07) is 4.02. The van der Waals surface area contributed by atoms with Crippen molar-refractivity contribution in [3.05, 3.63) is 23.3 Å². The van der Waals surface area contributed by atoms with E-state index in [-0.39, 0.29) is 12.4 Å². The molecule has 0 radical (unpaired) electrons. The van der Waals surface area contributed by atoms with E-state index in [1.54, 1.807) is 7.11 Å². The van der Waals surface area contributed by atoms with Crippen LogP contribution < -0.4 is 14.9 Å². The first-order valence-corrected chi connectivity index (χ1v) is 4.49. The molecule has 1 aromatic rings. The SMILES string of the molecule is CNCc1ccc2c(c1OC)OOC2.Cl. The van der Waals surface area contributed by atoms with Crippen LogP contribution in [0.15, 0.2) is 12.1 Å². The van der Waals surface area contributed by atoms with Gasteiger partial charge < -0.3 is 14.9 Å². The Labute approximate surface area is 94.9 Å². The second kappa shape index (κ2) is 5.21. The molecule has 4 nitrogen and oxygen atoms in total. The lowest BCUT2D eigenvalue weighted by Gasteiger charge is -2.10. The molecule has 0 bridgehead atoms. The molecule has 0 aromatic heterocycles. The molecule has 1 heterocycles. The highest BCUT2D eigenvalue weighted by Crippen LogP contribution is 2.38. The lowest BCUT2D eigenvalue weighted by Crippen LogP contribution is -2.07. The maximum atomic E-state index is 5.30. The fourth-order valence-electron chi connectivity index (χ4n) is 1.55. The summed E-state index contributed by atoms with van der Waals surface area (Å²) in [7, 11) is 3.53. The zero-order valence-corrected chi connectivity index (χ0v) is 9.52. The molecule has 0 amide bonds. The first kappa shape index (κ1) is 12.1. The first-order chi connectivity index (χ1) is 6.86. The molecule has 0 fully saturated rings. The van der Waals surface area contributed by atoms with Gasteiger partial charge in [-0.2, -0.15) is 4.89 Å². The first-order valence-electron chi connectivity index (χ1n) is 4.49. The van der Waals surface area contributed by atoms with Crippen molar-refractivity contribution < 1.29 is 14.5 Å². The van der Waals surface area contributed by atoms with E-state index < -0.39 is 0 Å². The third kappa shape index (κ3) is 2.17. The van der Waals surface area contributed by atoms with Crippen molar-refractivity contribution in [2.45, 2.75) is 13.2 Å². The van der Waals surface area contributed by atoms with Gasteiger partial charge in [0.15, 0.2) is 5.75 Å². The number of hydrogen-bond donors (Lipinski definition) is 1. The van der Waals surface area contributed by atoms with Crippen LogP contribution in [0.25, 0.3) is 0 Å². The summed E-state index contributed by atoms with van der Waals surface area (Å²) >= 11 is 0. The lowest BCUT2D eigenvalue weighted by atomic mass is 10.1. The Morgan fingerprint density at radius 2 is 2.27 bits per heavy atom. The predicted molar refractivity (Wildman–Crippen MR) is 58.4 cm³/mol. The van der Waals surface area contributed by atoms with Gasteiger partial charge in [-0.05, 0) is 7.05 Å². The number of methoxy groups -OCH3 is 1. The fraction of sp³-hybridized carbons (Fsp3) is 0.400. The van der Waals surface area contributed by atoms with Crippen LogP contribution in [-0.2, 0) is 18.0 Å². The number of nitrogens with one attached hydrogen (secondary N) is 1. The van der Waals surface area contributed by atoms with Crippen molar-refractivity contribution in [3.8, 4) is 11.5 Å². The Bertz CT molecular complexity index is 344. The van der Waals surface area contributed by atoms with Crippen LogP contribution in [0.2, 0.25) is 0 Å². The van der Waals surface area contributed by atoms with Crippen LogP contribution in [0.3, 0.4) is 0 Å². The summed E-state index contributed by atoms with van der Waals surface area (Å²) in [4.78, 5) is 9.94. The van der Waals surface area contributed by atoms with Gasteiger partial charge in [0.1, 0.15) is 6.61 Å². The van der Waals surface area contributed by atoms with Gasteiger partial charge in [-0.25, -0.2) is 0 Å². The average molecular weight is 232 g/mol. The largest absolute Gasteiger partial charge is 0.492 e. The predicted octanol–water partition coefficient (Wildman–Crippen LogP) is 1.66. The van der Waals surface area contributed by atoms with Crippen molar-refractivity contribution in [1.29, 1.82) is 0 Å². The minimum atomic E-state index is 0. The topological polar surface area (TPSA) is 39.7 Å². The molecular formula is C10H14ClNO3. The molecular weight excluding hydrogens is 218 g/mol. The van der Waals surface area contributed by atoms with Crippen molar-refractivity contribution in [2.75, 3.05) is 14.2 Å². The number of benzene rings is 1. The van der Waals surface area contributed by atoms with Gasteiger partial charge in [0.2, 0.25) is 5.75 Å². The Morgan fingerprint density at radius 1 is 1.47 bits per heavy atom. The second-order valence-electron chi connectivity index (χ2n) is 3.12. The third-order valence-corrected chi connectivity index (χ3v) is 2.20. The Morgan fingerprint density at radius 3 is 2.93 bits per heavy atom. The van der Waals surface area contributed by atoms with Crippen molar-refractivity contribution in [1.82, 2.24) is 5.32 Å². The van der Waals surface area contributed by atoms with Crippen molar-refractivity contribution in [3.63, 3.8) is 0 Å². The Balaban J connectivity index is 0.00000112. The molecule has 0 atom stereocenters. The summed E-state index contributed by atoms with van der Waals surface area (Å²) in [5, 5.41) is 3.07. The number of hydrogen-bond acceptors (Lipinski definition) is 4. The summed E-state index contributed by atoms with van der Waals surface area (Å²) in [5.41, 5.74) is 2.10. The molecule has 2 rings (SSSR count). The van der Waals surface area contributed by atoms with Crippen LogP contribution in [0.4, 0.5) is 0 Å². The molecule has 5 heteroatoms. The molecule has 0 saturated heterocycles. The third-order valence-electron chi connectivity index (χ3n) is 2.20. The molecule has 0 aliphatic carbocycles. The van der Waals surface area contributed by atoms with Gasteiger partial charge in [0.25, 0.3) is 0 Å². The van der Waals surface area contributed by atoms with Crippen molar-refractivity contribution in [2.24, 2.45) is 0 Å². The number of fused-ring (bicyclic) bond motifs is 1. The molecule has 1 aromatic carbocycles. The van der Waals surface area contributed by atoms with E-state index in [4.69, 9.17) is 14.5 Å². The summed E-state index contributed by atoms with van der Waals surface area (Å²) in [5.74, 6) is 1.47. The van der Waals surface area contributed by atoms with E-state index in [1.165, 1.54) is 0 Å². The molecule has 0 unspecified atom stereocenters. The minimum Gasteiger partial charge on any atom is -0.492 e. The Hall–Kier alpha value is -0.970. The Kier molecular flexibility index (Phi) is 4.20. The normalized spacial score (nSPS) is 12.7. The van der Waals surface area contributed by atoms with Crippen LogP contribution in [0.1, 0.15) is 11.1 Å². The van der Waals surface area contributed by atoms with Crippen LogP contribution in [-0.4, -0.2) is 14.2 Å². The molecule has 15 heavy (non-hydrogen) atoms. The molecule has 84 valence electrons. The summed E-state index contributed by atoms with van der Waals surface area (Å²) in [6.07, 6.45) is 0. The number of rotatable bonds is 3. The average Bonchev–Trinajstić information content (AvgIpc) is 2.66. The highest BCUT2D eigenvalue weighted by molar-refractivity contribution is 5.85. The van der Waals surface area contributed by atoms with E-state index in [0.717, 1.165) is 23.4 Å².